The number of rotatable bonds is 11. The lowest BCUT2D eigenvalue weighted by molar-refractivity contribution is 0.108. The first-order valence-corrected chi connectivity index (χ1v) is 10.1. The monoisotopic (exact) mass is 397 g/mol. The first kappa shape index (κ1) is 21.1. The SMILES string of the molecule is CNCC(O)COc1cccc(-c2cc(NC3CC3)c(C=N)c(NC(C)C)n2)c1. The van der Waals surface area contributed by atoms with Gasteiger partial charge in [-0.25, -0.2) is 4.98 Å². The van der Waals surface area contributed by atoms with E-state index in [1.165, 1.54) is 6.21 Å². The van der Waals surface area contributed by atoms with Crippen LogP contribution >= 0.6 is 0 Å². The smallest absolute Gasteiger partial charge is 0.137 e. The quantitative estimate of drug-likeness (QED) is 0.374. The molecule has 3 rings (SSSR count). The summed E-state index contributed by atoms with van der Waals surface area (Å²) in [5, 5.41) is 27.6. The second-order valence-corrected chi connectivity index (χ2v) is 7.73. The molecule has 7 heteroatoms. The van der Waals surface area contributed by atoms with E-state index in [-0.39, 0.29) is 12.6 Å². The number of aliphatic hydroxyl groups excluding tert-OH is 1. The van der Waals surface area contributed by atoms with E-state index < -0.39 is 6.10 Å². The van der Waals surface area contributed by atoms with Crippen molar-refractivity contribution in [2.75, 3.05) is 30.8 Å². The Morgan fingerprint density at radius 2 is 2.10 bits per heavy atom. The van der Waals surface area contributed by atoms with Crippen LogP contribution in [0, 0.1) is 5.41 Å². The number of hydrogen-bond donors (Lipinski definition) is 5. The zero-order valence-corrected chi connectivity index (χ0v) is 17.3. The number of aliphatic hydroxyl groups is 1. The van der Waals surface area contributed by atoms with Gasteiger partial charge >= 0.3 is 0 Å². The van der Waals surface area contributed by atoms with Gasteiger partial charge in [-0.05, 0) is 51.9 Å². The third-order valence-electron chi connectivity index (χ3n) is 4.58. The molecule has 156 valence electrons. The lowest BCUT2D eigenvalue weighted by Gasteiger charge is -2.18. The fraction of sp³-hybridized carbons (Fsp3) is 0.455. The summed E-state index contributed by atoms with van der Waals surface area (Å²) < 4.78 is 5.74. The Hall–Kier alpha value is -2.64. The lowest BCUT2D eigenvalue weighted by atomic mass is 10.1. The van der Waals surface area contributed by atoms with Crippen LogP contribution < -0.4 is 20.7 Å². The molecule has 0 aliphatic heterocycles. The van der Waals surface area contributed by atoms with Crippen molar-refractivity contribution in [1.29, 1.82) is 5.41 Å². The summed E-state index contributed by atoms with van der Waals surface area (Å²) in [4.78, 5) is 4.79. The molecule has 2 aromatic rings. The Morgan fingerprint density at radius 3 is 2.76 bits per heavy atom. The Bertz CT molecular complexity index is 811. The average molecular weight is 398 g/mol. The van der Waals surface area contributed by atoms with E-state index in [1.54, 1.807) is 7.05 Å². The summed E-state index contributed by atoms with van der Waals surface area (Å²) >= 11 is 0. The minimum Gasteiger partial charge on any atom is -0.491 e. The van der Waals surface area contributed by atoms with Gasteiger partial charge in [-0.3, -0.25) is 0 Å². The molecular formula is C22H31N5O2. The van der Waals surface area contributed by atoms with E-state index in [0.717, 1.165) is 35.3 Å². The van der Waals surface area contributed by atoms with Gasteiger partial charge in [0.05, 0.1) is 11.3 Å². The molecule has 1 fully saturated rings. The molecule has 1 atom stereocenters. The fourth-order valence-electron chi connectivity index (χ4n) is 3.03. The predicted octanol–water partition coefficient (Wildman–Crippen LogP) is 3.10. The van der Waals surface area contributed by atoms with Gasteiger partial charge in [0.25, 0.3) is 0 Å². The van der Waals surface area contributed by atoms with Crippen LogP contribution in [0.2, 0.25) is 0 Å². The number of aromatic nitrogens is 1. The largest absolute Gasteiger partial charge is 0.491 e. The summed E-state index contributed by atoms with van der Waals surface area (Å²) in [7, 11) is 1.80. The molecule has 7 nitrogen and oxygen atoms in total. The third-order valence-corrected chi connectivity index (χ3v) is 4.58. The summed E-state index contributed by atoms with van der Waals surface area (Å²) in [5.41, 5.74) is 3.43. The van der Waals surface area contributed by atoms with Crippen LogP contribution in [0.1, 0.15) is 32.3 Å². The molecule has 1 aliphatic rings. The van der Waals surface area contributed by atoms with Crippen molar-refractivity contribution in [3.63, 3.8) is 0 Å². The van der Waals surface area contributed by atoms with Gasteiger partial charge in [0, 0.05) is 36.1 Å². The first-order valence-electron chi connectivity index (χ1n) is 10.1. The van der Waals surface area contributed by atoms with Gasteiger partial charge < -0.3 is 31.2 Å². The highest BCUT2D eigenvalue weighted by molar-refractivity contribution is 5.94. The number of nitrogens with zero attached hydrogens (tertiary/aromatic N) is 1. The summed E-state index contributed by atoms with van der Waals surface area (Å²) in [5.74, 6) is 1.39. The van der Waals surface area contributed by atoms with Crippen LogP contribution in [0.5, 0.6) is 5.75 Å². The molecule has 0 saturated heterocycles. The Labute approximate surface area is 172 Å². The van der Waals surface area contributed by atoms with Crippen molar-refractivity contribution in [3.8, 4) is 17.0 Å². The summed E-state index contributed by atoms with van der Waals surface area (Å²) in [6.07, 6.45) is 3.10. The van der Waals surface area contributed by atoms with Crippen molar-refractivity contribution < 1.29 is 9.84 Å². The molecule has 0 radical (unpaired) electrons. The van der Waals surface area contributed by atoms with Crippen LogP contribution in [0.4, 0.5) is 11.5 Å². The molecule has 1 aliphatic carbocycles. The van der Waals surface area contributed by atoms with Gasteiger partial charge in [-0.15, -0.1) is 0 Å². The molecule has 5 N–H and O–H groups in total. The number of nitrogens with one attached hydrogen (secondary N) is 4. The zero-order valence-electron chi connectivity index (χ0n) is 17.3. The zero-order chi connectivity index (χ0) is 20.8. The standard InChI is InChI=1S/C22H31N5O2/c1-14(2)25-22-19(11-23)21(26-16-7-8-16)10-20(27-22)15-5-4-6-18(9-15)29-13-17(28)12-24-3/h4-6,9-11,14,16-17,23-24,28H,7-8,12-13H2,1-3H3,(H2,25,26,27). The number of ether oxygens (including phenoxy) is 1. The van der Waals surface area contributed by atoms with Crippen molar-refractivity contribution >= 4 is 17.7 Å². The maximum absolute atomic E-state index is 9.86. The molecule has 1 saturated carbocycles. The van der Waals surface area contributed by atoms with Gasteiger partial charge in [0.1, 0.15) is 24.3 Å². The highest BCUT2D eigenvalue weighted by atomic mass is 16.5. The molecule has 0 bridgehead atoms. The number of pyridine rings is 1. The Balaban J connectivity index is 1.90. The van der Waals surface area contributed by atoms with Gasteiger partial charge in [-0.2, -0.15) is 0 Å². The molecule has 0 amide bonds. The highest BCUT2D eigenvalue weighted by Gasteiger charge is 2.23. The molecule has 1 heterocycles. The van der Waals surface area contributed by atoms with E-state index in [9.17, 15) is 5.11 Å². The number of benzene rings is 1. The Kier molecular flexibility index (Phi) is 7.06. The second kappa shape index (κ2) is 9.71. The van der Waals surface area contributed by atoms with E-state index in [4.69, 9.17) is 15.1 Å². The van der Waals surface area contributed by atoms with Crippen LogP contribution in [0.15, 0.2) is 30.3 Å². The third kappa shape index (κ3) is 5.92. The topological polar surface area (TPSA) is 102 Å². The van der Waals surface area contributed by atoms with Gasteiger partial charge in [0.15, 0.2) is 0 Å². The minimum absolute atomic E-state index is 0.202. The van der Waals surface area contributed by atoms with E-state index in [1.807, 2.05) is 30.3 Å². The molecule has 1 aromatic heterocycles. The second-order valence-electron chi connectivity index (χ2n) is 7.73. The van der Waals surface area contributed by atoms with Crippen LogP contribution in [0.3, 0.4) is 0 Å². The highest BCUT2D eigenvalue weighted by Crippen LogP contribution is 2.33. The maximum Gasteiger partial charge on any atom is 0.137 e. The lowest BCUT2D eigenvalue weighted by Crippen LogP contribution is -2.29. The van der Waals surface area contributed by atoms with E-state index in [2.05, 4.69) is 29.8 Å². The summed E-state index contributed by atoms with van der Waals surface area (Å²) in [6.45, 7) is 4.81. The van der Waals surface area contributed by atoms with E-state index in [0.29, 0.717) is 24.2 Å². The van der Waals surface area contributed by atoms with Crippen LogP contribution in [0.25, 0.3) is 11.3 Å². The molecule has 1 aromatic carbocycles. The molecule has 29 heavy (non-hydrogen) atoms. The Morgan fingerprint density at radius 1 is 1.31 bits per heavy atom. The molecule has 1 unspecified atom stereocenters. The predicted molar refractivity (Wildman–Crippen MR) is 118 cm³/mol. The van der Waals surface area contributed by atoms with Gasteiger partial charge in [0.2, 0.25) is 0 Å². The fourth-order valence-corrected chi connectivity index (χ4v) is 3.03. The van der Waals surface area contributed by atoms with E-state index >= 15 is 0 Å². The van der Waals surface area contributed by atoms with Crippen molar-refractivity contribution in [3.05, 3.63) is 35.9 Å². The van der Waals surface area contributed by atoms with Crippen molar-refractivity contribution in [2.45, 2.75) is 44.9 Å². The number of hydrogen-bond acceptors (Lipinski definition) is 7. The maximum atomic E-state index is 9.86. The average Bonchev–Trinajstić information content (AvgIpc) is 3.50. The normalized spacial score (nSPS) is 14.5. The van der Waals surface area contributed by atoms with Crippen LogP contribution in [-0.2, 0) is 0 Å². The molecular weight excluding hydrogens is 366 g/mol. The first-order chi connectivity index (χ1) is 14.0. The molecule has 0 spiro atoms. The summed E-state index contributed by atoms with van der Waals surface area (Å²) in [6, 6.07) is 10.4. The van der Waals surface area contributed by atoms with Gasteiger partial charge in [-0.1, -0.05) is 12.1 Å². The minimum atomic E-state index is -0.565. The van der Waals surface area contributed by atoms with Crippen molar-refractivity contribution in [2.24, 2.45) is 0 Å². The van der Waals surface area contributed by atoms with Crippen LogP contribution in [-0.4, -0.2) is 54.7 Å². The van der Waals surface area contributed by atoms with Crippen molar-refractivity contribution in [1.82, 2.24) is 10.3 Å². The number of likely N-dealkylation sites (N-methyl/N-ethyl adjacent to an activating group) is 1. The number of anilines is 2.